The number of aromatic nitrogens is 2. The molecule has 2 aromatic rings. The molecule has 0 fully saturated rings. The summed E-state index contributed by atoms with van der Waals surface area (Å²) in [5, 5.41) is 0. The number of rotatable bonds is 1. The summed E-state index contributed by atoms with van der Waals surface area (Å²) in [4.78, 5) is 16.4. The van der Waals surface area contributed by atoms with Gasteiger partial charge in [0.05, 0.1) is 5.69 Å². The highest BCUT2D eigenvalue weighted by Crippen LogP contribution is 2.24. The lowest BCUT2D eigenvalue weighted by Crippen LogP contribution is -2.00. The van der Waals surface area contributed by atoms with Crippen LogP contribution in [0.3, 0.4) is 0 Å². The number of imidazole rings is 1. The molecule has 3 nitrogen and oxygen atoms in total. The third-order valence-electron chi connectivity index (χ3n) is 2.94. The summed E-state index contributed by atoms with van der Waals surface area (Å²) >= 11 is 0. The Morgan fingerprint density at radius 2 is 1.80 bits per heavy atom. The van der Waals surface area contributed by atoms with Gasteiger partial charge in [0.1, 0.15) is 0 Å². The fourth-order valence-electron chi connectivity index (χ4n) is 1.73. The summed E-state index contributed by atoms with van der Waals surface area (Å²) in [6.45, 7) is 6.26. The first kappa shape index (κ1) is 9.77. The summed E-state index contributed by atoms with van der Waals surface area (Å²) in [7, 11) is 0. The Bertz CT molecular complexity index is 549. The molecule has 0 saturated carbocycles. The van der Waals surface area contributed by atoms with Crippen molar-refractivity contribution in [3.05, 3.63) is 45.5 Å². The standard InChI is InChI=1S/C12H14N2O/c1-7-4-5-10(9(3)8(7)2)11-6-13-12(15)14-11/h4-6H,1-3H3,(H2,13,14,15). The molecule has 0 aliphatic rings. The zero-order valence-corrected chi connectivity index (χ0v) is 9.14. The van der Waals surface area contributed by atoms with Crippen LogP contribution in [0.1, 0.15) is 16.7 Å². The molecule has 2 N–H and O–H groups in total. The molecule has 0 bridgehead atoms. The second-order valence-corrected chi connectivity index (χ2v) is 3.84. The van der Waals surface area contributed by atoms with E-state index in [0.717, 1.165) is 11.3 Å². The van der Waals surface area contributed by atoms with Gasteiger partial charge in [-0.15, -0.1) is 0 Å². The predicted octanol–water partition coefficient (Wildman–Crippen LogP) is 2.30. The van der Waals surface area contributed by atoms with E-state index in [-0.39, 0.29) is 5.69 Å². The molecule has 0 aliphatic carbocycles. The molecule has 3 heteroatoms. The minimum atomic E-state index is -0.164. The quantitative estimate of drug-likeness (QED) is 0.732. The molecular weight excluding hydrogens is 188 g/mol. The third-order valence-corrected chi connectivity index (χ3v) is 2.94. The van der Waals surface area contributed by atoms with Crippen molar-refractivity contribution in [1.82, 2.24) is 9.97 Å². The van der Waals surface area contributed by atoms with Crippen molar-refractivity contribution in [2.75, 3.05) is 0 Å². The zero-order chi connectivity index (χ0) is 11.0. The molecule has 15 heavy (non-hydrogen) atoms. The predicted molar refractivity (Wildman–Crippen MR) is 61.1 cm³/mol. The molecule has 0 spiro atoms. The Morgan fingerprint density at radius 3 is 2.40 bits per heavy atom. The largest absolute Gasteiger partial charge is 0.323 e. The van der Waals surface area contributed by atoms with E-state index in [0.29, 0.717) is 0 Å². The van der Waals surface area contributed by atoms with Crippen molar-refractivity contribution in [2.45, 2.75) is 20.8 Å². The van der Waals surface area contributed by atoms with E-state index in [2.05, 4.69) is 36.8 Å². The van der Waals surface area contributed by atoms with Crippen LogP contribution in [0.25, 0.3) is 11.3 Å². The maximum Gasteiger partial charge on any atom is 0.323 e. The van der Waals surface area contributed by atoms with Gasteiger partial charge in [-0.25, -0.2) is 4.79 Å². The smallest absolute Gasteiger partial charge is 0.312 e. The minimum Gasteiger partial charge on any atom is -0.312 e. The molecule has 0 amide bonds. The van der Waals surface area contributed by atoms with E-state index in [1.807, 2.05) is 6.07 Å². The van der Waals surface area contributed by atoms with E-state index in [1.54, 1.807) is 6.20 Å². The number of hydrogen-bond acceptors (Lipinski definition) is 1. The number of aryl methyl sites for hydroxylation is 1. The van der Waals surface area contributed by atoms with Crippen LogP contribution in [-0.4, -0.2) is 9.97 Å². The van der Waals surface area contributed by atoms with Crippen LogP contribution in [0.2, 0.25) is 0 Å². The summed E-state index contributed by atoms with van der Waals surface area (Å²) in [5.41, 5.74) is 5.52. The number of nitrogens with one attached hydrogen (secondary N) is 2. The lowest BCUT2D eigenvalue weighted by Gasteiger charge is -2.09. The highest BCUT2D eigenvalue weighted by molar-refractivity contribution is 5.65. The van der Waals surface area contributed by atoms with Crippen molar-refractivity contribution in [3.8, 4) is 11.3 Å². The average Bonchev–Trinajstić information content (AvgIpc) is 2.61. The third kappa shape index (κ3) is 1.61. The molecule has 1 aromatic carbocycles. The molecule has 0 unspecified atom stereocenters. The van der Waals surface area contributed by atoms with Crippen molar-refractivity contribution in [1.29, 1.82) is 0 Å². The molecule has 1 aromatic heterocycles. The Morgan fingerprint density at radius 1 is 1.07 bits per heavy atom. The van der Waals surface area contributed by atoms with Gasteiger partial charge in [-0.1, -0.05) is 12.1 Å². The molecular formula is C12H14N2O. The van der Waals surface area contributed by atoms with Gasteiger partial charge in [0.25, 0.3) is 0 Å². The van der Waals surface area contributed by atoms with Crippen molar-refractivity contribution in [3.63, 3.8) is 0 Å². The molecule has 0 aliphatic heterocycles. The normalized spacial score (nSPS) is 10.6. The fourth-order valence-corrected chi connectivity index (χ4v) is 1.73. The zero-order valence-electron chi connectivity index (χ0n) is 9.14. The summed E-state index contributed by atoms with van der Waals surface area (Å²) < 4.78 is 0. The van der Waals surface area contributed by atoms with Gasteiger partial charge < -0.3 is 9.97 Å². The van der Waals surface area contributed by atoms with E-state index >= 15 is 0 Å². The van der Waals surface area contributed by atoms with E-state index in [1.165, 1.54) is 16.7 Å². The molecule has 2 rings (SSSR count). The first-order valence-corrected chi connectivity index (χ1v) is 4.94. The van der Waals surface area contributed by atoms with Crippen molar-refractivity contribution < 1.29 is 0 Å². The number of hydrogen-bond donors (Lipinski definition) is 2. The van der Waals surface area contributed by atoms with Crippen LogP contribution in [0.5, 0.6) is 0 Å². The lowest BCUT2D eigenvalue weighted by atomic mass is 9.97. The second kappa shape index (κ2) is 3.42. The van der Waals surface area contributed by atoms with Crippen LogP contribution in [-0.2, 0) is 0 Å². The molecule has 78 valence electrons. The number of H-pyrrole nitrogens is 2. The van der Waals surface area contributed by atoms with Crippen molar-refractivity contribution >= 4 is 0 Å². The van der Waals surface area contributed by atoms with Gasteiger partial charge in [0, 0.05) is 11.8 Å². The van der Waals surface area contributed by atoms with Gasteiger partial charge in [-0.2, -0.15) is 0 Å². The van der Waals surface area contributed by atoms with Gasteiger partial charge in [-0.05, 0) is 37.5 Å². The second-order valence-electron chi connectivity index (χ2n) is 3.84. The first-order valence-electron chi connectivity index (χ1n) is 4.94. The first-order chi connectivity index (χ1) is 7.09. The fraction of sp³-hybridized carbons (Fsp3) is 0.250. The molecule has 0 saturated heterocycles. The number of aromatic amines is 2. The highest BCUT2D eigenvalue weighted by atomic mass is 16.1. The summed E-state index contributed by atoms with van der Waals surface area (Å²) in [5.74, 6) is 0. The van der Waals surface area contributed by atoms with Gasteiger partial charge in [0.15, 0.2) is 0 Å². The van der Waals surface area contributed by atoms with Gasteiger partial charge in [-0.3, -0.25) is 0 Å². The van der Waals surface area contributed by atoms with E-state index in [9.17, 15) is 4.79 Å². The Labute approximate surface area is 88.2 Å². The Balaban J connectivity index is 2.64. The maximum absolute atomic E-state index is 11.0. The number of benzene rings is 1. The van der Waals surface area contributed by atoms with Crippen LogP contribution < -0.4 is 5.69 Å². The van der Waals surface area contributed by atoms with Crippen LogP contribution in [0.4, 0.5) is 0 Å². The lowest BCUT2D eigenvalue weighted by molar-refractivity contribution is 1.19. The molecule has 1 heterocycles. The van der Waals surface area contributed by atoms with Gasteiger partial charge in [0.2, 0.25) is 0 Å². The van der Waals surface area contributed by atoms with E-state index in [4.69, 9.17) is 0 Å². The van der Waals surface area contributed by atoms with Crippen LogP contribution in [0, 0.1) is 20.8 Å². The average molecular weight is 202 g/mol. The minimum absolute atomic E-state index is 0.164. The monoisotopic (exact) mass is 202 g/mol. The Kier molecular flexibility index (Phi) is 2.23. The molecule has 0 radical (unpaired) electrons. The van der Waals surface area contributed by atoms with Crippen molar-refractivity contribution in [2.24, 2.45) is 0 Å². The SMILES string of the molecule is Cc1ccc(-c2c[nH]c(=O)[nH]2)c(C)c1C. The summed E-state index contributed by atoms with van der Waals surface area (Å²) in [6, 6.07) is 4.11. The van der Waals surface area contributed by atoms with Gasteiger partial charge >= 0.3 is 5.69 Å². The maximum atomic E-state index is 11.0. The summed E-state index contributed by atoms with van der Waals surface area (Å²) in [6.07, 6.45) is 1.71. The highest BCUT2D eigenvalue weighted by Gasteiger charge is 2.07. The molecule has 0 atom stereocenters. The van der Waals surface area contributed by atoms with E-state index < -0.39 is 0 Å². The topological polar surface area (TPSA) is 48.6 Å². The Hall–Kier alpha value is -1.77. The van der Waals surface area contributed by atoms with Crippen LogP contribution in [0.15, 0.2) is 23.1 Å². The van der Waals surface area contributed by atoms with Crippen LogP contribution >= 0.6 is 0 Å².